The SMILES string of the molecule is CCCC(CCC)NCC(O)C1CCCC1. The van der Waals surface area contributed by atoms with Gasteiger partial charge in [-0.1, -0.05) is 39.5 Å². The second-order valence-corrected chi connectivity index (χ2v) is 5.29. The maximum absolute atomic E-state index is 10.1. The largest absolute Gasteiger partial charge is 0.392 e. The van der Waals surface area contributed by atoms with Crippen LogP contribution in [0.5, 0.6) is 0 Å². The number of hydrogen-bond donors (Lipinski definition) is 2. The fourth-order valence-electron chi connectivity index (χ4n) is 2.84. The third-order valence-corrected chi connectivity index (χ3v) is 3.83. The Bertz CT molecular complexity index is 158. The third-order valence-electron chi connectivity index (χ3n) is 3.83. The second-order valence-electron chi connectivity index (χ2n) is 5.29. The molecule has 1 saturated carbocycles. The van der Waals surface area contributed by atoms with Crippen molar-refractivity contribution in [1.29, 1.82) is 0 Å². The lowest BCUT2D eigenvalue weighted by Gasteiger charge is -2.23. The Balaban J connectivity index is 2.18. The zero-order chi connectivity index (χ0) is 11.8. The van der Waals surface area contributed by atoms with Crippen molar-refractivity contribution in [3.8, 4) is 0 Å². The molecule has 1 fully saturated rings. The monoisotopic (exact) mass is 227 g/mol. The molecule has 0 aromatic heterocycles. The summed E-state index contributed by atoms with van der Waals surface area (Å²) in [5, 5.41) is 13.6. The molecule has 16 heavy (non-hydrogen) atoms. The minimum absolute atomic E-state index is 0.112. The number of aliphatic hydroxyl groups excluding tert-OH is 1. The van der Waals surface area contributed by atoms with E-state index in [2.05, 4.69) is 19.2 Å². The predicted octanol–water partition coefficient (Wildman–Crippen LogP) is 3.10. The van der Waals surface area contributed by atoms with Crippen molar-refractivity contribution in [2.45, 2.75) is 77.4 Å². The van der Waals surface area contributed by atoms with Crippen molar-refractivity contribution in [2.24, 2.45) is 5.92 Å². The van der Waals surface area contributed by atoms with Gasteiger partial charge in [0, 0.05) is 12.6 Å². The molecule has 1 unspecified atom stereocenters. The van der Waals surface area contributed by atoms with Crippen LogP contribution in [0.3, 0.4) is 0 Å². The minimum atomic E-state index is -0.112. The fourth-order valence-corrected chi connectivity index (χ4v) is 2.84. The van der Waals surface area contributed by atoms with Crippen LogP contribution in [-0.2, 0) is 0 Å². The average molecular weight is 227 g/mol. The van der Waals surface area contributed by atoms with Crippen molar-refractivity contribution >= 4 is 0 Å². The van der Waals surface area contributed by atoms with Gasteiger partial charge < -0.3 is 10.4 Å². The lowest BCUT2D eigenvalue weighted by molar-refractivity contribution is 0.105. The van der Waals surface area contributed by atoms with E-state index in [1.54, 1.807) is 0 Å². The van der Waals surface area contributed by atoms with E-state index in [9.17, 15) is 5.11 Å². The third kappa shape index (κ3) is 4.84. The molecule has 2 heteroatoms. The molecule has 96 valence electrons. The van der Waals surface area contributed by atoms with Crippen LogP contribution >= 0.6 is 0 Å². The van der Waals surface area contributed by atoms with Gasteiger partial charge >= 0.3 is 0 Å². The first-order valence-electron chi connectivity index (χ1n) is 7.19. The molecule has 1 rings (SSSR count). The van der Waals surface area contributed by atoms with E-state index in [-0.39, 0.29) is 6.10 Å². The molecule has 1 aliphatic rings. The highest BCUT2D eigenvalue weighted by atomic mass is 16.3. The van der Waals surface area contributed by atoms with E-state index in [0.29, 0.717) is 12.0 Å². The molecule has 0 bridgehead atoms. The second kappa shape index (κ2) is 8.08. The molecule has 0 saturated heterocycles. The van der Waals surface area contributed by atoms with Gasteiger partial charge in [-0.2, -0.15) is 0 Å². The van der Waals surface area contributed by atoms with Gasteiger partial charge in [0.2, 0.25) is 0 Å². The Hall–Kier alpha value is -0.0800. The molecule has 0 spiro atoms. The number of nitrogens with one attached hydrogen (secondary N) is 1. The zero-order valence-corrected chi connectivity index (χ0v) is 11.0. The van der Waals surface area contributed by atoms with E-state index in [4.69, 9.17) is 0 Å². The Morgan fingerprint density at radius 1 is 1.12 bits per heavy atom. The first kappa shape index (κ1) is 14.0. The van der Waals surface area contributed by atoms with Gasteiger partial charge in [-0.05, 0) is 31.6 Å². The number of rotatable bonds is 8. The molecule has 0 radical (unpaired) electrons. The summed E-state index contributed by atoms with van der Waals surface area (Å²) in [6.45, 7) is 5.27. The summed E-state index contributed by atoms with van der Waals surface area (Å²) in [6, 6.07) is 0.617. The summed E-state index contributed by atoms with van der Waals surface area (Å²) in [4.78, 5) is 0. The topological polar surface area (TPSA) is 32.3 Å². The first-order valence-corrected chi connectivity index (χ1v) is 7.19. The highest BCUT2D eigenvalue weighted by molar-refractivity contribution is 4.78. The van der Waals surface area contributed by atoms with Crippen LogP contribution in [0.2, 0.25) is 0 Å². The molecule has 1 aliphatic carbocycles. The fraction of sp³-hybridized carbons (Fsp3) is 1.00. The Morgan fingerprint density at radius 2 is 1.69 bits per heavy atom. The van der Waals surface area contributed by atoms with Gasteiger partial charge in [-0.15, -0.1) is 0 Å². The molecule has 0 aliphatic heterocycles. The maximum atomic E-state index is 10.1. The minimum Gasteiger partial charge on any atom is -0.392 e. The number of hydrogen-bond acceptors (Lipinski definition) is 2. The van der Waals surface area contributed by atoms with Gasteiger partial charge in [0.05, 0.1) is 6.10 Å². The van der Waals surface area contributed by atoms with Gasteiger partial charge in [0.1, 0.15) is 0 Å². The standard InChI is InChI=1S/C14H29NO/c1-3-7-13(8-4-2)15-11-14(16)12-9-5-6-10-12/h12-16H,3-11H2,1-2H3. The summed E-state index contributed by atoms with van der Waals surface area (Å²) in [7, 11) is 0. The summed E-state index contributed by atoms with van der Waals surface area (Å²) in [6.07, 6.45) is 9.93. The van der Waals surface area contributed by atoms with Gasteiger partial charge in [-0.25, -0.2) is 0 Å². The van der Waals surface area contributed by atoms with Crippen LogP contribution in [0.4, 0.5) is 0 Å². The number of aliphatic hydroxyl groups is 1. The summed E-state index contributed by atoms with van der Waals surface area (Å²) in [5.41, 5.74) is 0. The lowest BCUT2D eigenvalue weighted by Crippen LogP contribution is -2.38. The zero-order valence-electron chi connectivity index (χ0n) is 11.0. The molecular formula is C14H29NO. The Labute approximate surface area is 101 Å². The normalized spacial score (nSPS) is 19.5. The molecular weight excluding hydrogens is 198 g/mol. The molecule has 1 atom stereocenters. The highest BCUT2D eigenvalue weighted by Crippen LogP contribution is 2.27. The van der Waals surface area contributed by atoms with Gasteiger partial charge in [0.25, 0.3) is 0 Å². The average Bonchev–Trinajstić information content (AvgIpc) is 2.79. The molecule has 0 amide bonds. The molecule has 2 N–H and O–H groups in total. The van der Waals surface area contributed by atoms with Crippen LogP contribution < -0.4 is 5.32 Å². The smallest absolute Gasteiger partial charge is 0.0692 e. The van der Waals surface area contributed by atoms with Crippen LogP contribution in [-0.4, -0.2) is 23.8 Å². The van der Waals surface area contributed by atoms with Crippen LogP contribution in [0, 0.1) is 5.92 Å². The predicted molar refractivity (Wildman–Crippen MR) is 69.6 cm³/mol. The van der Waals surface area contributed by atoms with E-state index in [1.807, 2.05) is 0 Å². The molecule has 2 nitrogen and oxygen atoms in total. The van der Waals surface area contributed by atoms with Crippen molar-refractivity contribution in [1.82, 2.24) is 5.32 Å². The summed E-state index contributed by atoms with van der Waals surface area (Å²) >= 11 is 0. The lowest BCUT2D eigenvalue weighted by atomic mass is 10.00. The first-order chi connectivity index (χ1) is 7.77. The van der Waals surface area contributed by atoms with Crippen molar-refractivity contribution < 1.29 is 5.11 Å². The van der Waals surface area contributed by atoms with Crippen LogP contribution in [0.25, 0.3) is 0 Å². The quantitative estimate of drug-likeness (QED) is 0.668. The Morgan fingerprint density at radius 3 is 2.19 bits per heavy atom. The molecule has 0 aromatic carbocycles. The van der Waals surface area contributed by atoms with E-state index >= 15 is 0 Å². The van der Waals surface area contributed by atoms with Crippen LogP contribution in [0.15, 0.2) is 0 Å². The molecule has 0 aromatic rings. The summed E-state index contributed by atoms with van der Waals surface area (Å²) in [5.74, 6) is 0.566. The van der Waals surface area contributed by atoms with Gasteiger partial charge in [0.15, 0.2) is 0 Å². The summed E-state index contributed by atoms with van der Waals surface area (Å²) < 4.78 is 0. The van der Waals surface area contributed by atoms with E-state index < -0.39 is 0 Å². The van der Waals surface area contributed by atoms with Crippen molar-refractivity contribution in [2.75, 3.05) is 6.54 Å². The Kier molecular flexibility index (Phi) is 7.06. The van der Waals surface area contributed by atoms with Crippen molar-refractivity contribution in [3.05, 3.63) is 0 Å². The van der Waals surface area contributed by atoms with Gasteiger partial charge in [-0.3, -0.25) is 0 Å². The van der Waals surface area contributed by atoms with E-state index in [1.165, 1.54) is 51.4 Å². The highest BCUT2D eigenvalue weighted by Gasteiger charge is 2.23. The maximum Gasteiger partial charge on any atom is 0.0692 e. The van der Waals surface area contributed by atoms with E-state index in [0.717, 1.165) is 6.54 Å². The van der Waals surface area contributed by atoms with Crippen molar-refractivity contribution in [3.63, 3.8) is 0 Å². The molecule has 0 heterocycles. The van der Waals surface area contributed by atoms with Crippen LogP contribution in [0.1, 0.15) is 65.2 Å².